The van der Waals surface area contributed by atoms with Crippen molar-refractivity contribution in [2.24, 2.45) is 0 Å². The first-order chi connectivity index (χ1) is 12.7. The zero-order valence-corrected chi connectivity index (χ0v) is 16.9. The zero-order chi connectivity index (χ0) is 18.2. The van der Waals surface area contributed by atoms with Crippen LogP contribution in [0.4, 0.5) is 0 Å². The normalized spacial score (nSPS) is 19.5. The highest BCUT2D eigenvalue weighted by Gasteiger charge is 2.21. The summed E-state index contributed by atoms with van der Waals surface area (Å²) in [5.41, 5.74) is 2.80. The molecule has 6 heteroatoms. The van der Waals surface area contributed by atoms with Crippen molar-refractivity contribution in [2.45, 2.75) is 19.9 Å². The van der Waals surface area contributed by atoms with E-state index in [1.807, 2.05) is 0 Å². The maximum Gasteiger partial charge on any atom is 0.169 e. The van der Waals surface area contributed by atoms with Gasteiger partial charge in [-0.1, -0.05) is 29.8 Å². The fraction of sp³-hybridized carbons (Fsp3) is 0.650. The molecule has 0 saturated carbocycles. The zero-order valence-electron chi connectivity index (χ0n) is 16.1. The van der Waals surface area contributed by atoms with Crippen molar-refractivity contribution in [3.63, 3.8) is 0 Å². The molecule has 2 aliphatic rings. The highest BCUT2D eigenvalue weighted by Crippen LogP contribution is 2.02. The molecule has 0 unspecified atom stereocenters. The Morgan fingerprint density at radius 3 is 2.65 bits per heavy atom. The van der Waals surface area contributed by atoms with Crippen molar-refractivity contribution < 1.29 is 14.5 Å². The van der Waals surface area contributed by atoms with E-state index in [0.717, 1.165) is 70.7 Å². The van der Waals surface area contributed by atoms with E-state index >= 15 is 0 Å². The second-order valence-corrected chi connectivity index (χ2v) is 7.99. The van der Waals surface area contributed by atoms with Crippen LogP contribution in [0.2, 0.25) is 0 Å². The predicted octanol–water partition coefficient (Wildman–Crippen LogP) is -1.12. The smallest absolute Gasteiger partial charge is 0.169 e. The molecule has 0 aliphatic carbocycles. The molecule has 0 aromatic heterocycles. The minimum Gasteiger partial charge on any atom is -0.370 e. The Kier molecular flexibility index (Phi) is 7.68. The maximum atomic E-state index is 5.61. The number of thiocarbonyl (C=S) groups is 1. The number of benzene rings is 1. The largest absolute Gasteiger partial charge is 0.370 e. The van der Waals surface area contributed by atoms with E-state index in [4.69, 9.17) is 17.0 Å². The minimum atomic E-state index is 0.913. The number of ether oxygens (including phenoxy) is 1. The van der Waals surface area contributed by atoms with Crippen LogP contribution in [-0.2, 0) is 11.3 Å². The Balaban J connectivity index is 1.30. The van der Waals surface area contributed by atoms with Gasteiger partial charge in [-0.05, 0) is 19.1 Å². The number of hydrogen-bond donors (Lipinski definition) is 3. The third kappa shape index (κ3) is 6.20. The SMILES string of the molecule is Cc1cccc(C[NH+]2CCN(C(=S)NCCC[NH+]3CCOCC3)CC2)c1. The molecule has 2 aliphatic heterocycles. The van der Waals surface area contributed by atoms with Crippen molar-refractivity contribution in [1.29, 1.82) is 0 Å². The molecule has 144 valence electrons. The van der Waals surface area contributed by atoms with E-state index in [-0.39, 0.29) is 0 Å². The van der Waals surface area contributed by atoms with Crippen molar-refractivity contribution in [3.8, 4) is 0 Å². The summed E-state index contributed by atoms with van der Waals surface area (Å²) >= 11 is 5.61. The van der Waals surface area contributed by atoms with Crippen LogP contribution in [0.15, 0.2) is 24.3 Å². The van der Waals surface area contributed by atoms with E-state index in [1.54, 1.807) is 9.80 Å². The summed E-state index contributed by atoms with van der Waals surface area (Å²) in [6, 6.07) is 8.89. The van der Waals surface area contributed by atoms with Gasteiger partial charge < -0.3 is 24.8 Å². The van der Waals surface area contributed by atoms with Crippen molar-refractivity contribution in [3.05, 3.63) is 35.4 Å². The summed E-state index contributed by atoms with van der Waals surface area (Å²) in [5, 5.41) is 4.41. The summed E-state index contributed by atoms with van der Waals surface area (Å²) in [6.07, 6.45) is 1.17. The highest BCUT2D eigenvalue weighted by atomic mass is 32.1. The van der Waals surface area contributed by atoms with E-state index in [9.17, 15) is 0 Å². The molecule has 0 amide bonds. The number of aryl methyl sites for hydroxylation is 1. The van der Waals surface area contributed by atoms with E-state index in [0.29, 0.717) is 0 Å². The molecule has 2 heterocycles. The maximum absolute atomic E-state index is 5.61. The average molecular weight is 379 g/mol. The molecule has 2 saturated heterocycles. The predicted molar refractivity (Wildman–Crippen MR) is 109 cm³/mol. The van der Waals surface area contributed by atoms with Crippen LogP contribution in [0.1, 0.15) is 17.5 Å². The standard InChI is InChI=1S/C20H32N4OS/c1-18-4-2-5-19(16-18)17-23-8-10-24(11-9-23)20(26)21-6-3-7-22-12-14-25-15-13-22/h2,4-5,16H,3,6-15,17H2,1H3,(H,21,26)/p+2. The third-order valence-electron chi connectivity index (χ3n) is 5.48. The molecule has 0 radical (unpaired) electrons. The molecule has 0 spiro atoms. The van der Waals surface area contributed by atoms with Gasteiger partial charge in [-0.2, -0.15) is 0 Å². The second kappa shape index (κ2) is 10.2. The van der Waals surface area contributed by atoms with E-state index in [1.165, 1.54) is 24.1 Å². The van der Waals surface area contributed by atoms with Crippen LogP contribution >= 0.6 is 12.2 Å². The fourth-order valence-electron chi connectivity index (χ4n) is 3.87. The van der Waals surface area contributed by atoms with Gasteiger partial charge in [0.1, 0.15) is 19.6 Å². The fourth-order valence-corrected chi connectivity index (χ4v) is 4.15. The lowest BCUT2D eigenvalue weighted by atomic mass is 10.1. The number of morpholine rings is 1. The monoisotopic (exact) mass is 378 g/mol. The van der Waals surface area contributed by atoms with Gasteiger partial charge in [-0.15, -0.1) is 0 Å². The Hall–Kier alpha value is -1.21. The van der Waals surface area contributed by atoms with Gasteiger partial charge in [-0.25, -0.2) is 0 Å². The number of piperazine rings is 1. The molecule has 5 nitrogen and oxygen atoms in total. The molecule has 2 fully saturated rings. The third-order valence-corrected chi connectivity index (χ3v) is 5.88. The Morgan fingerprint density at radius 2 is 1.92 bits per heavy atom. The number of hydrogen-bond acceptors (Lipinski definition) is 2. The topological polar surface area (TPSA) is 33.4 Å². The van der Waals surface area contributed by atoms with Crippen LogP contribution in [0.5, 0.6) is 0 Å². The first-order valence-corrected chi connectivity index (χ1v) is 10.4. The number of nitrogens with zero attached hydrogens (tertiary/aromatic N) is 1. The molecular weight excluding hydrogens is 344 g/mol. The summed E-state index contributed by atoms with van der Waals surface area (Å²) in [7, 11) is 0. The van der Waals surface area contributed by atoms with Gasteiger partial charge in [0.25, 0.3) is 0 Å². The molecule has 0 bridgehead atoms. The van der Waals surface area contributed by atoms with Gasteiger partial charge in [0.2, 0.25) is 0 Å². The summed E-state index contributed by atoms with van der Waals surface area (Å²) < 4.78 is 5.41. The lowest BCUT2D eigenvalue weighted by Crippen LogP contribution is -3.14. The van der Waals surface area contributed by atoms with Crippen LogP contribution in [-0.4, -0.2) is 75.6 Å². The molecule has 26 heavy (non-hydrogen) atoms. The van der Waals surface area contributed by atoms with Crippen LogP contribution < -0.4 is 15.1 Å². The van der Waals surface area contributed by atoms with Crippen molar-refractivity contribution in [2.75, 3.05) is 65.6 Å². The van der Waals surface area contributed by atoms with Gasteiger partial charge in [0.15, 0.2) is 5.11 Å². The van der Waals surface area contributed by atoms with Gasteiger partial charge in [0.05, 0.1) is 45.9 Å². The minimum absolute atomic E-state index is 0.913. The lowest BCUT2D eigenvalue weighted by molar-refractivity contribution is -0.917. The van der Waals surface area contributed by atoms with Gasteiger partial charge >= 0.3 is 0 Å². The first-order valence-electron chi connectivity index (χ1n) is 10.0. The highest BCUT2D eigenvalue weighted by molar-refractivity contribution is 7.80. The first kappa shape index (κ1) is 19.5. The second-order valence-electron chi connectivity index (χ2n) is 7.60. The summed E-state index contributed by atoms with van der Waals surface area (Å²) in [6.45, 7) is 14.1. The van der Waals surface area contributed by atoms with Crippen molar-refractivity contribution in [1.82, 2.24) is 10.2 Å². The molecule has 3 rings (SSSR count). The summed E-state index contributed by atoms with van der Waals surface area (Å²) in [4.78, 5) is 5.67. The average Bonchev–Trinajstić information content (AvgIpc) is 2.66. The summed E-state index contributed by atoms with van der Waals surface area (Å²) in [5.74, 6) is 0. The number of rotatable bonds is 6. The van der Waals surface area contributed by atoms with Crippen LogP contribution in [0.3, 0.4) is 0 Å². The number of quaternary nitrogens is 2. The van der Waals surface area contributed by atoms with E-state index < -0.39 is 0 Å². The lowest BCUT2D eigenvalue weighted by Gasteiger charge is -2.34. The molecule has 1 aromatic carbocycles. The molecule has 3 N–H and O–H groups in total. The Labute approximate surface area is 163 Å². The number of nitrogens with one attached hydrogen (secondary N) is 3. The quantitative estimate of drug-likeness (QED) is 0.433. The van der Waals surface area contributed by atoms with Crippen molar-refractivity contribution >= 4 is 17.3 Å². The van der Waals surface area contributed by atoms with Gasteiger partial charge in [-0.3, -0.25) is 0 Å². The molecule has 1 aromatic rings. The molecular formula is C20H34N4OS+2. The Morgan fingerprint density at radius 1 is 1.15 bits per heavy atom. The Bertz CT molecular complexity index is 569. The van der Waals surface area contributed by atoms with Crippen LogP contribution in [0.25, 0.3) is 0 Å². The van der Waals surface area contributed by atoms with Crippen LogP contribution in [0, 0.1) is 6.92 Å². The molecule has 0 atom stereocenters. The van der Waals surface area contributed by atoms with Gasteiger partial charge in [0, 0.05) is 18.5 Å². The van der Waals surface area contributed by atoms with E-state index in [2.05, 4.69) is 41.4 Å².